The van der Waals surface area contributed by atoms with E-state index in [0.717, 1.165) is 0 Å². The Morgan fingerprint density at radius 3 is 1.25 bits per heavy atom. The van der Waals surface area contributed by atoms with E-state index in [0.29, 0.717) is 7.69 Å². The van der Waals surface area contributed by atoms with Gasteiger partial charge < -0.3 is 19.9 Å². The highest BCUT2D eigenvalue weighted by Gasteiger charge is 2.31. The highest BCUT2D eigenvalue weighted by Crippen LogP contribution is 2.19. The molecular weight excluding hydrogens is 159 g/mol. The van der Waals surface area contributed by atoms with E-state index in [1.165, 1.54) is 7.11 Å². The van der Waals surface area contributed by atoms with Gasteiger partial charge in [0.15, 0.2) is 7.69 Å². The first-order chi connectivity index (χ1) is 5.16. The van der Waals surface area contributed by atoms with Gasteiger partial charge in [0.25, 0.3) is 0 Å². The first-order valence-electron chi connectivity index (χ1n) is 3.58. The number of hydrogen-bond donors (Lipinski definition) is 2. The average molecular weight is 176 g/mol. The van der Waals surface area contributed by atoms with E-state index >= 15 is 0 Å². The molecule has 0 aromatic rings. The third-order valence-electron chi connectivity index (χ3n) is 1.59. The zero-order valence-corrected chi connectivity index (χ0v) is 8.29. The predicted molar refractivity (Wildman–Crippen MR) is 45.4 cm³/mol. The molecular formula is C7H17BO4-. The van der Waals surface area contributed by atoms with Crippen LogP contribution in [0.1, 0.15) is 27.7 Å². The van der Waals surface area contributed by atoms with E-state index in [9.17, 15) is 0 Å². The van der Waals surface area contributed by atoms with Gasteiger partial charge in [-0.15, -0.1) is 0 Å². The molecule has 0 aliphatic heterocycles. The predicted octanol–water partition coefficient (Wildman–Crippen LogP) is -0.944. The van der Waals surface area contributed by atoms with Crippen molar-refractivity contribution in [2.45, 2.75) is 38.9 Å². The van der Waals surface area contributed by atoms with Gasteiger partial charge in [-0.3, -0.25) is 0 Å². The molecule has 1 radical (unpaired) electrons. The van der Waals surface area contributed by atoms with Gasteiger partial charge in [0, 0.05) is 7.11 Å². The van der Waals surface area contributed by atoms with Crippen LogP contribution in [0.5, 0.6) is 0 Å². The minimum Gasteiger partial charge on any atom is -0.861 e. The van der Waals surface area contributed by atoms with Crippen LogP contribution in [-0.2, 0) is 4.65 Å². The molecule has 0 heterocycles. The molecule has 0 aliphatic carbocycles. The van der Waals surface area contributed by atoms with Crippen molar-refractivity contribution in [2.24, 2.45) is 0 Å². The summed E-state index contributed by atoms with van der Waals surface area (Å²) in [5.74, 6) is 0. The number of hydrogen-bond acceptors (Lipinski definition) is 4. The quantitative estimate of drug-likeness (QED) is 0.532. The van der Waals surface area contributed by atoms with Crippen molar-refractivity contribution in [3.8, 4) is 0 Å². The lowest BCUT2D eigenvalue weighted by Crippen LogP contribution is -2.44. The third-order valence-corrected chi connectivity index (χ3v) is 1.59. The molecule has 0 bridgehead atoms. The Hall–Kier alpha value is -0.0951. The summed E-state index contributed by atoms with van der Waals surface area (Å²) in [5, 5.41) is 27.2. The normalized spacial score (nSPS) is 11.7. The molecule has 0 unspecified atom stereocenters. The van der Waals surface area contributed by atoms with Crippen LogP contribution in [0.4, 0.5) is 0 Å². The zero-order valence-electron chi connectivity index (χ0n) is 8.29. The first-order valence-corrected chi connectivity index (χ1v) is 3.58. The molecule has 0 rings (SSSR count). The van der Waals surface area contributed by atoms with Crippen molar-refractivity contribution in [3.05, 3.63) is 0 Å². The van der Waals surface area contributed by atoms with Crippen LogP contribution >= 0.6 is 0 Å². The first kappa shape index (κ1) is 14.4. The Kier molecular flexibility index (Phi) is 6.65. The lowest BCUT2D eigenvalue weighted by atomic mass is 9.90. The lowest BCUT2D eigenvalue weighted by molar-refractivity contribution is -0.204. The second-order valence-corrected chi connectivity index (χ2v) is 3.45. The van der Waals surface area contributed by atoms with E-state index in [4.69, 9.17) is 15.2 Å². The molecule has 0 aliphatic rings. The monoisotopic (exact) mass is 176 g/mol. The summed E-state index contributed by atoms with van der Waals surface area (Å²) in [7, 11) is 1.69. The molecule has 0 spiro atoms. The van der Waals surface area contributed by atoms with Crippen molar-refractivity contribution in [2.75, 3.05) is 7.11 Å². The Morgan fingerprint density at radius 1 is 1.08 bits per heavy atom. The molecule has 2 N–H and O–H groups in total. The van der Waals surface area contributed by atoms with Gasteiger partial charge in [-0.2, -0.15) is 0 Å². The molecule has 12 heavy (non-hydrogen) atoms. The van der Waals surface area contributed by atoms with E-state index in [-0.39, 0.29) is 0 Å². The summed E-state index contributed by atoms with van der Waals surface area (Å²) in [6.45, 7) is 6.31. The van der Waals surface area contributed by atoms with Gasteiger partial charge >= 0.3 is 0 Å². The number of rotatable bonds is 2. The maximum absolute atomic E-state index is 9.10. The summed E-state index contributed by atoms with van der Waals surface area (Å²) in [4.78, 5) is 0. The molecule has 0 fully saturated rings. The van der Waals surface area contributed by atoms with Crippen molar-refractivity contribution >= 4 is 7.69 Å². The fourth-order valence-electron chi connectivity index (χ4n) is 0. The fraction of sp³-hybridized carbons (Fsp3) is 1.00. The van der Waals surface area contributed by atoms with Gasteiger partial charge in [-0.05, 0) is 27.7 Å². The van der Waals surface area contributed by atoms with Gasteiger partial charge in [-0.1, -0.05) is 0 Å². The topological polar surface area (TPSA) is 72.8 Å². The van der Waals surface area contributed by atoms with E-state index in [1.807, 2.05) is 0 Å². The van der Waals surface area contributed by atoms with Crippen molar-refractivity contribution in [1.29, 1.82) is 0 Å². The van der Waals surface area contributed by atoms with Crippen LogP contribution in [0.25, 0.3) is 0 Å². The highest BCUT2D eigenvalue weighted by atomic mass is 16.5. The smallest absolute Gasteiger partial charge is 0.162 e. The van der Waals surface area contributed by atoms with Crippen LogP contribution in [0.15, 0.2) is 0 Å². The van der Waals surface area contributed by atoms with Crippen molar-refractivity contribution in [1.82, 2.24) is 0 Å². The second-order valence-electron chi connectivity index (χ2n) is 3.45. The molecule has 0 saturated heterocycles. The summed E-state index contributed by atoms with van der Waals surface area (Å²) in [6, 6.07) is 0. The molecule has 5 heteroatoms. The Bertz CT molecular complexity index is 89.0. The van der Waals surface area contributed by atoms with Crippen LogP contribution < -0.4 is 5.02 Å². The standard InChI is InChI=1S/C6H14O2.CH3BO2/c1-5(2,7)6(3,4)8;1-4-2-3/h7-8H,1-4H3;1H3/q;-1. The van der Waals surface area contributed by atoms with Crippen molar-refractivity contribution < 1.29 is 19.9 Å². The van der Waals surface area contributed by atoms with E-state index in [2.05, 4.69) is 4.65 Å². The van der Waals surface area contributed by atoms with Crippen LogP contribution in [-0.4, -0.2) is 36.2 Å². The second kappa shape index (κ2) is 5.53. The Morgan fingerprint density at radius 2 is 1.25 bits per heavy atom. The van der Waals surface area contributed by atoms with E-state index in [1.54, 1.807) is 27.7 Å². The fourth-order valence-corrected chi connectivity index (χ4v) is 0. The summed E-state index contributed by atoms with van der Waals surface area (Å²) in [6.07, 6.45) is 0. The summed E-state index contributed by atoms with van der Waals surface area (Å²) in [5.41, 5.74) is -2.01. The van der Waals surface area contributed by atoms with Crippen LogP contribution in [0.3, 0.4) is 0 Å². The van der Waals surface area contributed by atoms with Gasteiger partial charge in [0.05, 0.1) is 11.2 Å². The van der Waals surface area contributed by atoms with Crippen LogP contribution in [0.2, 0.25) is 0 Å². The Balaban J connectivity index is 0. The van der Waals surface area contributed by atoms with Gasteiger partial charge in [-0.25, -0.2) is 0 Å². The lowest BCUT2D eigenvalue weighted by Gasteiger charge is -2.31. The summed E-state index contributed by atoms with van der Waals surface area (Å²) >= 11 is 0. The van der Waals surface area contributed by atoms with E-state index < -0.39 is 11.2 Å². The highest BCUT2D eigenvalue weighted by molar-refractivity contribution is 6.13. The Labute approximate surface area is 74.5 Å². The SMILES string of the molecule is CC(C)(O)C(C)(C)O.CO[B][O-]. The number of aliphatic hydroxyl groups is 2. The van der Waals surface area contributed by atoms with Crippen LogP contribution in [0, 0.1) is 0 Å². The molecule has 0 aromatic heterocycles. The average Bonchev–Trinajstić information content (AvgIpc) is 1.84. The molecule has 0 atom stereocenters. The zero-order chi connectivity index (χ0) is 10.4. The maximum atomic E-state index is 9.10. The summed E-state index contributed by atoms with van der Waals surface area (Å²) < 4.78 is 3.86. The van der Waals surface area contributed by atoms with Gasteiger partial charge in [0.1, 0.15) is 0 Å². The third kappa shape index (κ3) is 8.01. The molecule has 0 aromatic carbocycles. The maximum Gasteiger partial charge on any atom is 0.162 e. The minimum atomic E-state index is -1.01. The molecule has 0 saturated carbocycles. The molecule has 73 valence electrons. The minimum absolute atomic E-state index is 0.375. The van der Waals surface area contributed by atoms with Gasteiger partial charge in [0.2, 0.25) is 0 Å². The molecule has 0 amide bonds. The molecule has 4 nitrogen and oxygen atoms in total. The van der Waals surface area contributed by atoms with Crippen molar-refractivity contribution in [3.63, 3.8) is 0 Å². The largest absolute Gasteiger partial charge is 0.861 e.